The van der Waals surface area contributed by atoms with Gasteiger partial charge in [0.25, 0.3) is 0 Å². The Labute approximate surface area is 175 Å². The minimum atomic E-state index is -0.358. The molecule has 1 saturated heterocycles. The van der Waals surface area contributed by atoms with E-state index in [-0.39, 0.29) is 30.6 Å². The van der Waals surface area contributed by atoms with Crippen LogP contribution in [0.4, 0.5) is 0 Å². The second kappa shape index (κ2) is 11.1. The van der Waals surface area contributed by atoms with Crippen molar-refractivity contribution in [2.24, 2.45) is 4.99 Å². The lowest BCUT2D eigenvalue weighted by molar-refractivity contribution is -0.127. The molecule has 0 aromatic carbocycles. The van der Waals surface area contributed by atoms with E-state index in [4.69, 9.17) is 9.47 Å². The molecule has 1 fully saturated rings. The summed E-state index contributed by atoms with van der Waals surface area (Å²) in [5.41, 5.74) is 0.644. The highest BCUT2D eigenvalue weighted by atomic mass is 32.1. The first kappa shape index (κ1) is 23.1. The summed E-state index contributed by atoms with van der Waals surface area (Å²) in [6, 6.07) is -0.202. The standard InChI is InChI=1S/C19H31N5O4S/c1-6-27-18(26)16-12(2)22-17(29-16)13(3)23-19(21-11-15(25)24(4)5)20-10-14-8-7-9-28-14/h13-14H,6-11H2,1-5H3,(H2,20,21,23). The van der Waals surface area contributed by atoms with E-state index < -0.39 is 0 Å². The Morgan fingerprint density at radius 3 is 2.83 bits per heavy atom. The van der Waals surface area contributed by atoms with Crippen LogP contribution in [0.15, 0.2) is 4.99 Å². The summed E-state index contributed by atoms with van der Waals surface area (Å²) in [6.07, 6.45) is 2.19. The van der Waals surface area contributed by atoms with Crippen molar-refractivity contribution < 1.29 is 19.1 Å². The Hall–Kier alpha value is -2.20. The highest BCUT2D eigenvalue weighted by molar-refractivity contribution is 7.13. The van der Waals surface area contributed by atoms with Gasteiger partial charge in [-0.1, -0.05) is 0 Å². The van der Waals surface area contributed by atoms with Gasteiger partial charge in [0.05, 0.1) is 24.4 Å². The van der Waals surface area contributed by atoms with Gasteiger partial charge >= 0.3 is 5.97 Å². The van der Waals surface area contributed by atoms with E-state index in [9.17, 15) is 9.59 Å². The number of rotatable bonds is 8. The Morgan fingerprint density at radius 1 is 1.45 bits per heavy atom. The first-order chi connectivity index (χ1) is 13.8. The number of likely N-dealkylation sites (N-methyl/N-ethyl adjacent to an activating group) is 1. The average molecular weight is 426 g/mol. The number of aliphatic imine (C=N–C) groups is 1. The number of thiazole rings is 1. The minimum absolute atomic E-state index is 0.0333. The third-order valence-corrected chi connectivity index (χ3v) is 5.71. The molecule has 1 aliphatic rings. The normalized spacial score (nSPS) is 17.7. The van der Waals surface area contributed by atoms with Crippen molar-refractivity contribution in [3.05, 3.63) is 15.6 Å². The Kier molecular flexibility index (Phi) is 8.84. The van der Waals surface area contributed by atoms with E-state index in [1.54, 1.807) is 27.9 Å². The zero-order valence-electron chi connectivity index (χ0n) is 17.8. The summed E-state index contributed by atoms with van der Waals surface area (Å²) in [6.45, 7) is 7.24. The average Bonchev–Trinajstić information content (AvgIpc) is 3.33. The first-order valence-electron chi connectivity index (χ1n) is 9.82. The fourth-order valence-corrected chi connectivity index (χ4v) is 3.67. The van der Waals surface area contributed by atoms with Crippen molar-refractivity contribution in [2.45, 2.75) is 45.8 Å². The quantitative estimate of drug-likeness (QED) is 0.369. The number of carbonyl (C=O) groups excluding carboxylic acids is 2. The molecule has 29 heavy (non-hydrogen) atoms. The Bertz CT molecular complexity index is 728. The number of guanidine groups is 1. The summed E-state index contributed by atoms with van der Waals surface area (Å²) < 4.78 is 10.7. The number of nitrogens with one attached hydrogen (secondary N) is 2. The van der Waals surface area contributed by atoms with Crippen molar-refractivity contribution in [1.29, 1.82) is 0 Å². The number of nitrogens with zero attached hydrogens (tertiary/aromatic N) is 3. The van der Waals surface area contributed by atoms with E-state index >= 15 is 0 Å². The van der Waals surface area contributed by atoms with Gasteiger partial charge in [0.1, 0.15) is 16.4 Å². The molecular formula is C19H31N5O4S. The van der Waals surface area contributed by atoms with Gasteiger partial charge < -0.3 is 25.0 Å². The molecule has 10 heteroatoms. The molecule has 2 rings (SSSR count). The topological polar surface area (TPSA) is 105 Å². The van der Waals surface area contributed by atoms with Crippen molar-refractivity contribution >= 4 is 29.2 Å². The molecule has 1 amide bonds. The zero-order valence-corrected chi connectivity index (χ0v) is 18.6. The molecule has 0 saturated carbocycles. The van der Waals surface area contributed by atoms with Gasteiger partial charge in [-0.25, -0.2) is 14.8 Å². The van der Waals surface area contributed by atoms with Crippen LogP contribution in [0.5, 0.6) is 0 Å². The van der Waals surface area contributed by atoms with E-state index in [1.165, 1.54) is 16.2 Å². The van der Waals surface area contributed by atoms with Crippen LogP contribution in [0.2, 0.25) is 0 Å². The zero-order chi connectivity index (χ0) is 21.4. The number of amides is 1. The Balaban J connectivity index is 2.07. The van der Waals surface area contributed by atoms with Crippen LogP contribution in [0, 0.1) is 6.92 Å². The van der Waals surface area contributed by atoms with Crippen LogP contribution in [0.1, 0.15) is 53.1 Å². The lowest BCUT2D eigenvalue weighted by Gasteiger charge is -2.19. The van der Waals surface area contributed by atoms with Crippen LogP contribution in [-0.2, 0) is 14.3 Å². The second-order valence-electron chi connectivity index (χ2n) is 7.02. The Morgan fingerprint density at radius 2 is 2.21 bits per heavy atom. The molecule has 2 atom stereocenters. The molecule has 1 aliphatic heterocycles. The molecule has 0 bridgehead atoms. The second-order valence-corrected chi connectivity index (χ2v) is 8.05. The van der Waals surface area contributed by atoms with Crippen molar-refractivity contribution in [3.63, 3.8) is 0 Å². The molecule has 9 nitrogen and oxygen atoms in total. The summed E-state index contributed by atoms with van der Waals surface area (Å²) in [5, 5.41) is 7.27. The number of hydrogen-bond donors (Lipinski definition) is 2. The largest absolute Gasteiger partial charge is 0.462 e. The monoisotopic (exact) mass is 425 g/mol. The molecule has 0 aliphatic carbocycles. The summed E-state index contributed by atoms with van der Waals surface area (Å²) >= 11 is 1.30. The molecule has 0 radical (unpaired) electrons. The van der Waals surface area contributed by atoms with E-state index in [2.05, 4.69) is 20.6 Å². The smallest absolute Gasteiger partial charge is 0.350 e. The summed E-state index contributed by atoms with van der Waals surface area (Å²) in [7, 11) is 3.39. The number of hydrogen-bond acceptors (Lipinski definition) is 7. The van der Waals surface area contributed by atoms with Gasteiger partial charge in [0, 0.05) is 27.2 Å². The van der Waals surface area contributed by atoms with Crippen LogP contribution < -0.4 is 10.6 Å². The van der Waals surface area contributed by atoms with Crippen LogP contribution in [0.3, 0.4) is 0 Å². The third kappa shape index (κ3) is 6.97. The van der Waals surface area contributed by atoms with Crippen molar-refractivity contribution in [2.75, 3.05) is 40.4 Å². The molecule has 162 valence electrons. The maximum absolute atomic E-state index is 12.1. The fourth-order valence-electron chi connectivity index (χ4n) is 2.71. The lowest BCUT2D eigenvalue weighted by atomic mass is 10.2. The van der Waals surface area contributed by atoms with Crippen LogP contribution in [0.25, 0.3) is 0 Å². The van der Waals surface area contributed by atoms with Crippen LogP contribution >= 0.6 is 11.3 Å². The predicted molar refractivity (Wildman–Crippen MR) is 112 cm³/mol. The maximum Gasteiger partial charge on any atom is 0.350 e. The number of esters is 1. The molecular weight excluding hydrogens is 394 g/mol. The lowest BCUT2D eigenvalue weighted by Crippen LogP contribution is -2.42. The fraction of sp³-hybridized carbons (Fsp3) is 0.684. The number of ether oxygens (including phenoxy) is 2. The van der Waals surface area contributed by atoms with Gasteiger partial charge in [-0.2, -0.15) is 0 Å². The third-order valence-electron chi connectivity index (χ3n) is 4.39. The molecule has 2 N–H and O–H groups in total. The van der Waals surface area contributed by atoms with Gasteiger partial charge in [-0.3, -0.25) is 4.79 Å². The minimum Gasteiger partial charge on any atom is -0.462 e. The van der Waals surface area contributed by atoms with Crippen molar-refractivity contribution in [1.82, 2.24) is 20.5 Å². The van der Waals surface area contributed by atoms with Gasteiger partial charge in [-0.05, 0) is 33.6 Å². The highest BCUT2D eigenvalue weighted by Crippen LogP contribution is 2.24. The maximum atomic E-state index is 12.1. The molecule has 0 spiro atoms. The predicted octanol–water partition coefficient (Wildman–Crippen LogP) is 1.49. The van der Waals surface area contributed by atoms with Gasteiger partial charge in [-0.15, -0.1) is 11.3 Å². The SMILES string of the molecule is CCOC(=O)c1sc(C(C)NC(=NCC(=O)N(C)C)NCC2CCCO2)nc1C. The summed E-state index contributed by atoms with van der Waals surface area (Å²) in [5.74, 6) is 0.0576. The van der Waals surface area contributed by atoms with Gasteiger partial charge in [0.2, 0.25) is 5.91 Å². The summed E-state index contributed by atoms with van der Waals surface area (Å²) in [4.78, 5) is 34.9. The van der Waals surface area contributed by atoms with E-state index in [1.807, 2.05) is 6.92 Å². The molecule has 1 aromatic heterocycles. The number of aromatic nitrogens is 1. The molecule has 1 aromatic rings. The van der Waals surface area contributed by atoms with Crippen molar-refractivity contribution in [3.8, 4) is 0 Å². The number of aryl methyl sites for hydroxylation is 1. The first-order valence-corrected chi connectivity index (χ1v) is 10.6. The van der Waals surface area contributed by atoms with E-state index in [0.29, 0.717) is 29.7 Å². The molecule has 2 heterocycles. The van der Waals surface area contributed by atoms with E-state index in [0.717, 1.165) is 24.5 Å². The molecule has 2 unspecified atom stereocenters. The van der Waals surface area contributed by atoms with Crippen LogP contribution in [-0.4, -0.2) is 74.2 Å². The highest BCUT2D eigenvalue weighted by Gasteiger charge is 2.21. The van der Waals surface area contributed by atoms with Gasteiger partial charge in [0.15, 0.2) is 5.96 Å². The number of carbonyl (C=O) groups is 2.